The molecule has 0 spiro atoms. The predicted molar refractivity (Wildman–Crippen MR) is 66.5 cm³/mol. The van der Waals surface area contributed by atoms with Crippen LogP contribution in [-0.2, 0) is 0 Å². The third-order valence-electron chi connectivity index (χ3n) is 1.98. The number of nitrogens with two attached hydrogens (primary N) is 1. The van der Waals surface area contributed by atoms with Gasteiger partial charge >= 0.3 is 104 Å². The summed E-state index contributed by atoms with van der Waals surface area (Å²) in [5.41, 5.74) is 8.20. The second kappa shape index (κ2) is 4.76. The predicted octanol–water partition coefficient (Wildman–Crippen LogP) is 0.414. The van der Waals surface area contributed by atoms with Crippen LogP contribution in [0.1, 0.15) is 9.67 Å². The minimum atomic E-state index is -0.394. The molecular weight excluding hydrogens is 285 g/mol. The molecule has 2 rings (SSSR count). The molecule has 2 N–H and O–H groups in total. The Morgan fingerprint density at radius 1 is 1.44 bits per heavy atom. The quantitative estimate of drug-likeness (QED) is 0.834. The summed E-state index contributed by atoms with van der Waals surface area (Å²) in [6, 6.07) is 5.45. The van der Waals surface area contributed by atoms with Crippen LogP contribution >= 0.6 is 11.3 Å². The van der Waals surface area contributed by atoms with Gasteiger partial charge in [0.05, 0.1) is 0 Å². The molecule has 0 aromatic carbocycles. The van der Waals surface area contributed by atoms with Crippen LogP contribution in [0, 0.1) is 0 Å². The van der Waals surface area contributed by atoms with E-state index in [1.54, 1.807) is 12.3 Å². The van der Waals surface area contributed by atoms with Crippen LogP contribution in [-0.4, -0.2) is 31.6 Å². The van der Waals surface area contributed by atoms with E-state index in [1.807, 2.05) is 12.1 Å². The summed E-state index contributed by atoms with van der Waals surface area (Å²) >= 11 is 1.12. The number of amides is 1. The monoisotopic (exact) mass is 295 g/mol. The summed E-state index contributed by atoms with van der Waals surface area (Å²) in [5, 5.41) is 0. The molecule has 0 aliphatic carbocycles. The van der Waals surface area contributed by atoms with E-state index >= 15 is 0 Å². The van der Waals surface area contributed by atoms with Gasteiger partial charge < -0.3 is 0 Å². The van der Waals surface area contributed by atoms with Crippen LogP contribution in [0.5, 0.6) is 0 Å². The number of aromatic nitrogens is 2. The van der Waals surface area contributed by atoms with Crippen molar-refractivity contribution in [1.82, 2.24) is 9.97 Å². The molecule has 1 amide bonds. The number of hydrogen-bond donors (Lipinski definition) is 1. The van der Waals surface area contributed by atoms with Crippen molar-refractivity contribution in [3.05, 3.63) is 29.3 Å². The van der Waals surface area contributed by atoms with Crippen molar-refractivity contribution >= 4 is 37.6 Å². The zero-order valence-electron chi connectivity index (χ0n) is 8.60. The Hall–Kier alpha value is -1.19. The first-order valence-corrected chi connectivity index (χ1v) is 8.58. The standard InChI is InChI=1S/C10H10AsN3OS/c1-11-10-13-5-4-6(14-10)7-2-3-8(16-7)9(12)15/h2-5,11H,1H3,(H2,12,15). The van der Waals surface area contributed by atoms with Crippen molar-refractivity contribution in [2.24, 2.45) is 5.73 Å². The molecule has 1 unspecified atom stereocenters. The van der Waals surface area contributed by atoms with Crippen LogP contribution in [0.2, 0.25) is 5.71 Å². The van der Waals surface area contributed by atoms with E-state index in [2.05, 4.69) is 15.7 Å². The van der Waals surface area contributed by atoms with Gasteiger partial charge in [-0.1, -0.05) is 0 Å². The summed E-state index contributed by atoms with van der Waals surface area (Å²) in [6.07, 6.45) is 1.76. The van der Waals surface area contributed by atoms with E-state index < -0.39 is 5.91 Å². The molecular formula is C10H10AsN3OS. The van der Waals surface area contributed by atoms with Crippen molar-refractivity contribution in [3.63, 3.8) is 0 Å². The molecule has 0 radical (unpaired) electrons. The third-order valence-corrected chi connectivity index (χ3v) is 4.55. The Balaban J connectivity index is 2.38. The van der Waals surface area contributed by atoms with Crippen molar-refractivity contribution < 1.29 is 4.79 Å². The SMILES string of the molecule is C[AsH]c1nccc(-c2ccc(C(N)=O)s2)n1. The molecule has 0 fully saturated rings. The average Bonchev–Trinajstić information content (AvgIpc) is 2.78. The van der Waals surface area contributed by atoms with Gasteiger partial charge in [-0.25, -0.2) is 0 Å². The fraction of sp³-hybridized carbons (Fsp3) is 0.100. The maximum atomic E-state index is 11.0. The number of primary amides is 1. The number of carbonyl (C=O) groups is 1. The first kappa shape index (κ1) is 11.3. The number of rotatable bonds is 3. The van der Waals surface area contributed by atoms with E-state index in [-0.39, 0.29) is 15.8 Å². The number of carbonyl (C=O) groups excluding carboxylic acids is 1. The van der Waals surface area contributed by atoms with Gasteiger partial charge in [-0.15, -0.1) is 0 Å². The fourth-order valence-electron chi connectivity index (χ4n) is 1.22. The molecule has 2 heterocycles. The number of hydrogen-bond acceptors (Lipinski definition) is 4. The second-order valence-corrected chi connectivity index (χ2v) is 6.11. The van der Waals surface area contributed by atoms with E-state index in [9.17, 15) is 4.79 Å². The normalized spacial score (nSPS) is 11.1. The zero-order valence-corrected chi connectivity index (χ0v) is 11.5. The molecule has 2 aromatic heterocycles. The van der Waals surface area contributed by atoms with E-state index in [1.165, 1.54) is 11.3 Å². The maximum absolute atomic E-state index is 11.0. The molecule has 0 saturated carbocycles. The van der Waals surface area contributed by atoms with Crippen molar-refractivity contribution in [3.8, 4) is 10.6 Å². The molecule has 0 aliphatic rings. The van der Waals surface area contributed by atoms with Gasteiger partial charge in [-0.2, -0.15) is 0 Å². The van der Waals surface area contributed by atoms with Crippen molar-refractivity contribution in [2.45, 2.75) is 5.71 Å². The van der Waals surface area contributed by atoms with Gasteiger partial charge in [0.25, 0.3) is 0 Å². The summed E-state index contributed by atoms with van der Waals surface area (Å²) in [5.74, 6) is -0.394. The van der Waals surface area contributed by atoms with E-state index in [0.717, 1.165) is 15.2 Å². The molecule has 0 saturated heterocycles. The summed E-state index contributed by atoms with van der Waals surface area (Å²) in [6.45, 7) is 0. The average molecular weight is 295 g/mol. The van der Waals surface area contributed by atoms with Crippen molar-refractivity contribution in [1.29, 1.82) is 0 Å². The van der Waals surface area contributed by atoms with Gasteiger partial charge in [0.2, 0.25) is 0 Å². The third kappa shape index (κ3) is 2.31. The van der Waals surface area contributed by atoms with Crippen LogP contribution < -0.4 is 10.3 Å². The van der Waals surface area contributed by atoms with Gasteiger partial charge in [0.1, 0.15) is 0 Å². The number of nitrogens with zero attached hydrogens (tertiary/aromatic N) is 2. The molecule has 16 heavy (non-hydrogen) atoms. The first-order valence-electron chi connectivity index (χ1n) is 4.61. The van der Waals surface area contributed by atoms with Crippen LogP contribution in [0.4, 0.5) is 0 Å². The second-order valence-electron chi connectivity index (χ2n) is 3.04. The molecule has 2 aromatic rings. The van der Waals surface area contributed by atoms with Crippen LogP contribution in [0.15, 0.2) is 24.4 Å². The fourth-order valence-corrected chi connectivity index (χ4v) is 2.97. The van der Waals surface area contributed by atoms with E-state index in [0.29, 0.717) is 4.88 Å². The van der Waals surface area contributed by atoms with Gasteiger partial charge in [0, 0.05) is 0 Å². The summed E-state index contributed by atoms with van der Waals surface area (Å²) in [4.78, 5) is 21.1. The van der Waals surface area contributed by atoms with Crippen LogP contribution in [0.25, 0.3) is 10.6 Å². The van der Waals surface area contributed by atoms with Crippen LogP contribution in [0.3, 0.4) is 0 Å². The first-order chi connectivity index (χ1) is 7.70. The molecule has 6 heteroatoms. The Bertz CT molecular complexity index is 526. The van der Waals surface area contributed by atoms with E-state index in [4.69, 9.17) is 5.73 Å². The summed E-state index contributed by atoms with van der Waals surface area (Å²) in [7, 11) is 0. The Labute approximate surface area is 104 Å². The van der Waals surface area contributed by atoms with Gasteiger partial charge in [0.15, 0.2) is 0 Å². The minimum absolute atomic E-state index is 0.238. The number of thiophene rings is 1. The summed E-state index contributed by atoms with van der Waals surface area (Å²) < 4.78 is 0.923. The molecule has 1 atom stereocenters. The van der Waals surface area contributed by atoms with Crippen molar-refractivity contribution in [2.75, 3.05) is 0 Å². The Morgan fingerprint density at radius 2 is 2.25 bits per heavy atom. The van der Waals surface area contributed by atoms with Gasteiger partial charge in [-0.3, -0.25) is 0 Å². The molecule has 0 aliphatic heterocycles. The molecule has 82 valence electrons. The Morgan fingerprint density at radius 3 is 2.88 bits per heavy atom. The molecule has 4 nitrogen and oxygen atoms in total. The molecule has 0 bridgehead atoms. The Kier molecular flexibility index (Phi) is 3.36. The van der Waals surface area contributed by atoms with Gasteiger partial charge in [-0.05, 0) is 0 Å². The topological polar surface area (TPSA) is 68.9 Å². The zero-order chi connectivity index (χ0) is 11.5.